The number of carbonyl (C=O) groups excluding carboxylic acids is 1. The number of carbonyl (C=O) groups is 1. The molecule has 0 saturated carbocycles. The first-order valence-corrected chi connectivity index (χ1v) is 11.6. The standard InChI is InChI=1S/C22H24N6O3S/c1-4-14-7-5-6-8-17(14)19-21(29)27(2)18-13-24-22(26-20(18)28(19)3)25-15-9-11-16(12-10-15)32(23,30)31/h5-13,19H,4H2,1-3H3,(H2,23,30,31)(H,24,25,26). The second-order valence-electron chi connectivity index (χ2n) is 7.56. The number of aromatic nitrogens is 2. The molecule has 0 fully saturated rings. The van der Waals surface area contributed by atoms with Crippen LogP contribution in [0.1, 0.15) is 24.1 Å². The lowest BCUT2D eigenvalue weighted by Gasteiger charge is -2.39. The summed E-state index contributed by atoms with van der Waals surface area (Å²) in [6.45, 7) is 2.06. The molecule has 2 heterocycles. The van der Waals surface area contributed by atoms with Gasteiger partial charge in [0, 0.05) is 19.8 Å². The van der Waals surface area contributed by atoms with Gasteiger partial charge in [0.25, 0.3) is 5.91 Å². The van der Waals surface area contributed by atoms with Crippen molar-refractivity contribution >= 4 is 39.1 Å². The number of likely N-dealkylation sites (N-methyl/N-ethyl adjacent to an activating group) is 2. The number of sulfonamides is 1. The van der Waals surface area contributed by atoms with Gasteiger partial charge < -0.3 is 15.1 Å². The van der Waals surface area contributed by atoms with Crippen molar-refractivity contribution in [2.75, 3.05) is 29.2 Å². The summed E-state index contributed by atoms with van der Waals surface area (Å²) in [6.07, 6.45) is 2.41. The van der Waals surface area contributed by atoms with Gasteiger partial charge in [-0.05, 0) is 41.8 Å². The van der Waals surface area contributed by atoms with E-state index in [-0.39, 0.29) is 10.8 Å². The van der Waals surface area contributed by atoms with Crippen LogP contribution in [-0.2, 0) is 21.2 Å². The third-order valence-corrected chi connectivity index (χ3v) is 6.50. The Hall–Kier alpha value is -3.50. The highest BCUT2D eigenvalue weighted by Crippen LogP contribution is 2.39. The van der Waals surface area contributed by atoms with Crippen LogP contribution in [0.25, 0.3) is 0 Å². The molecule has 166 valence electrons. The number of amides is 1. The number of hydrogen-bond acceptors (Lipinski definition) is 7. The lowest BCUT2D eigenvalue weighted by atomic mass is 9.95. The minimum atomic E-state index is -3.76. The fourth-order valence-corrected chi connectivity index (χ4v) is 4.35. The average Bonchev–Trinajstić information content (AvgIpc) is 2.78. The summed E-state index contributed by atoms with van der Waals surface area (Å²) in [5.41, 5.74) is 3.27. The Balaban J connectivity index is 1.68. The van der Waals surface area contributed by atoms with Crippen LogP contribution in [0, 0.1) is 0 Å². The second kappa shape index (κ2) is 8.21. The quantitative estimate of drug-likeness (QED) is 0.610. The van der Waals surface area contributed by atoms with Crippen molar-refractivity contribution in [3.05, 3.63) is 65.9 Å². The molecule has 0 bridgehead atoms. The highest BCUT2D eigenvalue weighted by atomic mass is 32.2. The Kier molecular flexibility index (Phi) is 5.57. The third kappa shape index (κ3) is 3.90. The normalized spacial score (nSPS) is 16.1. The van der Waals surface area contributed by atoms with E-state index in [0.717, 1.165) is 17.5 Å². The van der Waals surface area contributed by atoms with Gasteiger partial charge in [0.05, 0.1) is 11.1 Å². The molecule has 0 spiro atoms. The van der Waals surface area contributed by atoms with Crippen molar-refractivity contribution in [1.29, 1.82) is 0 Å². The minimum absolute atomic E-state index is 0.0201. The molecule has 0 radical (unpaired) electrons. The van der Waals surface area contributed by atoms with Crippen LogP contribution in [-0.4, -0.2) is 38.4 Å². The lowest BCUT2D eigenvalue weighted by Crippen LogP contribution is -2.45. The van der Waals surface area contributed by atoms with E-state index in [1.54, 1.807) is 30.3 Å². The maximum absolute atomic E-state index is 13.2. The van der Waals surface area contributed by atoms with E-state index < -0.39 is 16.1 Å². The van der Waals surface area contributed by atoms with Crippen molar-refractivity contribution in [1.82, 2.24) is 9.97 Å². The highest BCUT2D eigenvalue weighted by molar-refractivity contribution is 7.89. The van der Waals surface area contributed by atoms with E-state index in [2.05, 4.69) is 22.2 Å². The van der Waals surface area contributed by atoms with Gasteiger partial charge in [-0.25, -0.2) is 18.5 Å². The smallest absolute Gasteiger partial charge is 0.254 e. The minimum Gasteiger partial charge on any atom is -0.342 e. The number of benzene rings is 2. The van der Waals surface area contributed by atoms with Crippen LogP contribution in [0.15, 0.2) is 59.6 Å². The number of primary sulfonamides is 1. The molecule has 32 heavy (non-hydrogen) atoms. The van der Waals surface area contributed by atoms with Crippen molar-refractivity contribution in [3.63, 3.8) is 0 Å². The molecule has 1 aliphatic rings. The van der Waals surface area contributed by atoms with Crippen LogP contribution in [0.3, 0.4) is 0 Å². The van der Waals surface area contributed by atoms with Crippen LogP contribution < -0.4 is 20.3 Å². The van der Waals surface area contributed by atoms with Crippen LogP contribution in [0.2, 0.25) is 0 Å². The fourth-order valence-electron chi connectivity index (χ4n) is 3.83. The Morgan fingerprint density at radius 2 is 1.78 bits per heavy atom. The van der Waals surface area contributed by atoms with Gasteiger partial charge in [-0.2, -0.15) is 4.98 Å². The largest absolute Gasteiger partial charge is 0.342 e. The number of hydrogen-bond donors (Lipinski definition) is 2. The second-order valence-corrected chi connectivity index (χ2v) is 9.12. The summed E-state index contributed by atoms with van der Waals surface area (Å²) >= 11 is 0. The first kappa shape index (κ1) is 21.7. The predicted molar refractivity (Wildman–Crippen MR) is 124 cm³/mol. The zero-order valence-corrected chi connectivity index (χ0v) is 18.8. The number of nitrogens with zero attached hydrogens (tertiary/aromatic N) is 4. The van der Waals surface area contributed by atoms with E-state index in [9.17, 15) is 13.2 Å². The predicted octanol–water partition coefficient (Wildman–Crippen LogP) is 2.58. The van der Waals surface area contributed by atoms with E-state index in [0.29, 0.717) is 23.1 Å². The average molecular weight is 453 g/mol. The molecule has 0 aliphatic carbocycles. The molecule has 1 amide bonds. The summed E-state index contributed by atoms with van der Waals surface area (Å²) < 4.78 is 22.9. The van der Waals surface area contributed by atoms with E-state index in [1.807, 2.05) is 36.2 Å². The van der Waals surface area contributed by atoms with Gasteiger partial charge >= 0.3 is 0 Å². The Morgan fingerprint density at radius 1 is 1.09 bits per heavy atom. The molecule has 3 N–H and O–H groups in total. The number of rotatable bonds is 5. The zero-order valence-electron chi connectivity index (χ0n) is 18.0. The van der Waals surface area contributed by atoms with Crippen molar-refractivity contribution in [2.24, 2.45) is 5.14 Å². The molecular weight excluding hydrogens is 428 g/mol. The molecule has 10 heteroatoms. The van der Waals surface area contributed by atoms with Gasteiger partial charge in [-0.3, -0.25) is 4.79 Å². The Morgan fingerprint density at radius 3 is 2.44 bits per heavy atom. The molecule has 3 aromatic rings. The molecule has 4 rings (SSSR count). The topological polar surface area (TPSA) is 122 Å². The molecule has 1 aliphatic heterocycles. The molecule has 1 atom stereocenters. The first-order chi connectivity index (χ1) is 15.2. The number of anilines is 4. The summed E-state index contributed by atoms with van der Waals surface area (Å²) in [6, 6.07) is 13.4. The van der Waals surface area contributed by atoms with Gasteiger partial charge in [-0.1, -0.05) is 31.2 Å². The van der Waals surface area contributed by atoms with Crippen molar-refractivity contribution < 1.29 is 13.2 Å². The zero-order chi connectivity index (χ0) is 23.0. The van der Waals surface area contributed by atoms with Crippen LogP contribution in [0.4, 0.5) is 23.1 Å². The number of nitrogens with two attached hydrogens (primary N) is 1. The Bertz CT molecular complexity index is 1280. The monoisotopic (exact) mass is 452 g/mol. The summed E-state index contributed by atoms with van der Waals surface area (Å²) in [5, 5.41) is 8.21. The number of fused-ring (bicyclic) bond motifs is 1. The molecule has 1 aromatic heterocycles. The SMILES string of the molecule is CCc1ccccc1C1C(=O)N(C)c2cnc(Nc3ccc(S(N)(=O)=O)cc3)nc2N1C. The maximum atomic E-state index is 13.2. The van der Waals surface area contributed by atoms with Gasteiger partial charge in [0.15, 0.2) is 5.82 Å². The summed E-state index contributed by atoms with van der Waals surface area (Å²) in [7, 11) is -0.198. The first-order valence-electron chi connectivity index (χ1n) is 10.1. The van der Waals surface area contributed by atoms with Crippen LogP contribution >= 0.6 is 0 Å². The molecular formula is C22H24N6O3S. The van der Waals surface area contributed by atoms with E-state index in [1.165, 1.54) is 12.1 Å². The van der Waals surface area contributed by atoms with E-state index >= 15 is 0 Å². The summed E-state index contributed by atoms with van der Waals surface area (Å²) in [4.78, 5) is 25.6. The fraction of sp³-hybridized carbons (Fsp3) is 0.227. The van der Waals surface area contributed by atoms with Gasteiger partial charge in [0.2, 0.25) is 16.0 Å². The molecule has 0 saturated heterocycles. The van der Waals surface area contributed by atoms with Gasteiger partial charge in [0.1, 0.15) is 11.7 Å². The highest BCUT2D eigenvalue weighted by Gasteiger charge is 2.38. The molecule has 9 nitrogen and oxygen atoms in total. The van der Waals surface area contributed by atoms with Crippen LogP contribution in [0.5, 0.6) is 0 Å². The van der Waals surface area contributed by atoms with Gasteiger partial charge in [-0.15, -0.1) is 0 Å². The number of nitrogens with one attached hydrogen (secondary N) is 1. The Labute approximate surface area is 187 Å². The van der Waals surface area contributed by atoms with E-state index in [4.69, 9.17) is 5.14 Å². The lowest BCUT2D eigenvalue weighted by molar-refractivity contribution is -0.120. The number of aryl methyl sites for hydroxylation is 1. The molecule has 1 unspecified atom stereocenters. The third-order valence-electron chi connectivity index (χ3n) is 5.57. The molecule has 2 aromatic carbocycles. The summed E-state index contributed by atoms with van der Waals surface area (Å²) in [5.74, 6) is 0.884. The maximum Gasteiger partial charge on any atom is 0.254 e. The van der Waals surface area contributed by atoms with Crippen molar-refractivity contribution in [2.45, 2.75) is 24.3 Å². The van der Waals surface area contributed by atoms with Crippen molar-refractivity contribution in [3.8, 4) is 0 Å².